The highest BCUT2D eigenvalue weighted by atomic mass is 32.1. The molecule has 0 aliphatic carbocycles. The summed E-state index contributed by atoms with van der Waals surface area (Å²) in [5.74, 6) is 1.00. The molecule has 8 heavy (non-hydrogen) atoms. The van der Waals surface area contributed by atoms with Crippen LogP contribution in [-0.4, -0.2) is 5.75 Å². The minimum absolute atomic E-state index is 1.00. The van der Waals surface area contributed by atoms with Crippen LogP contribution in [0.25, 0.3) is 0 Å². The normalized spacial score (nSPS) is 10.8. The van der Waals surface area contributed by atoms with Gasteiger partial charge in [0.05, 0.1) is 0 Å². The first kappa shape index (κ1) is 8.44. The van der Waals surface area contributed by atoms with E-state index in [1.807, 2.05) is 0 Å². The molecule has 0 aliphatic heterocycles. The van der Waals surface area contributed by atoms with E-state index in [2.05, 4.69) is 31.3 Å². The molecular weight excluding hydrogens is 136 g/mol. The molecule has 0 spiro atoms. The van der Waals surface area contributed by atoms with Gasteiger partial charge in [-0.2, -0.15) is 25.3 Å². The van der Waals surface area contributed by atoms with Gasteiger partial charge in [-0.25, -0.2) is 0 Å². The highest BCUT2D eigenvalue weighted by Crippen LogP contribution is 1.97. The van der Waals surface area contributed by atoms with Crippen molar-refractivity contribution in [2.24, 2.45) is 0 Å². The van der Waals surface area contributed by atoms with E-state index in [4.69, 9.17) is 0 Å². The highest BCUT2D eigenvalue weighted by molar-refractivity contribution is 7.83. The van der Waals surface area contributed by atoms with E-state index in [1.165, 1.54) is 12.8 Å². The molecule has 0 saturated heterocycles. The van der Waals surface area contributed by atoms with Gasteiger partial charge in [-0.1, -0.05) is 6.08 Å². The molecule has 0 bridgehead atoms. The summed E-state index contributed by atoms with van der Waals surface area (Å²) in [5.41, 5.74) is 0. The predicted molar refractivity (Wildman–Crippen MR) is 45.8 cm³/mol. The van der Waals surface area contributed by atoms with E-state index < -0.39 is 0 Å². The molecule has 0 nitrogen and oxygen atoms in total. The standard InChI is InChI=1S/C6H12S2/c7-5-3-1-2-4-6-8/h3,5,7-8H,1-2,4,6H2. The monoisotopic (exact) mass is 148 g/mol. The molecular formula is C6H12S2. The molecule has 0 saturated carbocycles. The summed E-state index contributed by atoms with van der Waals surface area (Å²) in [6.45, 7) is 0. The molecule has 0 heterocycles. The molecule has 0 aromatic rings. The van der Waals surface area contributed by atoms with Crippen molar-refractivity contribution in [3.8, 4) is 0 Å². The topological polar surface area (TPSA) is 0 Å². The average molecular weight is 148 g/mol. The Morgan fingerprint density at radius 1 is 1.25 bits per heavy atom. The molecule has 0 radical (unpaired) electrons. The van der Waals surface area contributed by atoms with Crippen LogP contribution in [-0.2, 0) is 0 Å². The van der Waals surface area contributed by atoms with Gasteiger partial charge < -0.3 is 0 Å². The molecule has 0 aromatic carbocycles. The third-order valence-electron chi connectivity index (χ3n) is 0.884. The van der Waals surface area contributed by atoms with Crippen molar-refractivity contribution in [1.29, 1.82) is 0 Å². The molecule has 0 atom stereocenters. The summed E-state index contributed by atoms with van der Waals surface area (Å²) >= 11 is 8.00. The van der Waals surface area contributed by atoms with Crippen molar-refractivity contribution in [3.05, 3.63) is 11.5 Å². The second kappa shape index (κ2) is 7.44. The number of hydrogen-bond acceptors (Lipinski definition) is 2. The number of unbranched alkanes of at least 4 members (excludes halogenated alkanes) is 2. The SMILES string of the molecule is SC=CCCCCS. The van der Waals surface area contributed by atoms with E-state index in [0.29, 0.717) is 0 Å². The third-order valence-corrected chi connectivity index (χ3v) is 1.41. The summed E-state index contributed by atoms with van der Waals surface area (Å²) in [7, 11) is 0. The van der Waals surface area contributed by atoms with Crippen molar-refractivity contribution >= 4 is 25.3 Å². The van der Waals surface area contributed by atoms with Crippen molar-refractivity contribution < 1.29 is 0 Å². The van der Waals surface area contributed by atoms with Crippen LogP contribution in [0.1, 0.15) is 19.3 Å². The first-order valence-corrected chi connectivity index (χ1v) is 3.96. The molecule has 2 heteroatoms. The fourth-order valence-electron chi connectivity index (χ4n) is 0.449. The minimum atomic E-state index is 1.00. The largest absolute Gasteiger partial charge is 0.179 e. The van der Waals surface area contributed by atoms with Crippen molar-refractivity contribution in [2.75, 3.05) is 5.75 Å². The Morgan fingerprint density at radius 2 is 2.00 bits per heavy atom. The van der Waals surface area contributed by atoms with Gasteiger partial charge in [-0.05, 0) is 30.4 Å². The van der Waals surface area contributed by atoms with Crippen LogP contribution in [0.2, 0.25) is 0 Å². The van der Waals surface area contributed by atoms with Gasteiger partial charge in [0.15, 0.2) is 0 Å². The van der Waals surface area contributed by atoms with E-state index in [9.17, 15) is 0 Å². The molecule has 48 valence electrons. The maximum absolute atomic E-state index is 4.08. The molecule has 0 unspecified atom stereocenters. The van der Waals surface area contributed by atoms with Crippen LogP contribution in [0, 0.1) is 0 Å². The van der Waals surface area contributed by atoms with Crippen LogP contribution < -0.4 is 0 Å². The van der Waals surface area contributed by atoms with Crippen molar-refractivity contribution in [2.45, 2.75) is 19.3 Å². The summed E-state index contributed by atoms with van der Waals surface area (Å²) in [6.07, 6.45) is 5.65. The smallest absolute Gasteiger partial charge is 0.00978 e. The number of hydrogen-bond donors (Lipinski definition) is 2. The second-order valence-electron chi connectivity index (χ2n) is 1.60. The van der Waals surface area contributed by atoms with E-state index in [0.717, 1.165) is 12.2 Å². The fourth-order valence-corrected chi connectivity index (χ4v) is 0.821. The van der Waals surface area contributed by atoms with Crippen LogP contribution in [0.15, 0.2) is 11.5 Å². The Labute approximate surface area is 62.2 Å². The van der Waals surface area contributed by atoms with Gasteiger partial charge >= 0.3 is 0 Å². The molecule has 0 amide bonds. The Morgan fingerprint density at radius 3 is 2.50 bits per heavy atom. The maximum Gasteiger partial charge on any atom is -0.00978 e. The van der Waals surface area contributed by atoms with Gasteiger partial charge in [0.25, 0.3) is 0 Å². The number of allylic oxidation sites excluding steroid dienone is 1. The minimum Gasteiger partial charge on any atom is -0.179 e. The molecule has 0 rings (SSSR count). The molecule has 0 fully saturated rings. The van der Waals surface area contributed by atoms with Crippen molar-refractivity contribution in [1.82, 2.24) is 0 Å². The fraction of sp³-hybridized carbons (Fsp3) is 0.667. The van der Waals surface area contributed by atoms with Gasteiger partial charge in [0.2, 0.25) is 0 Å². The van der Waals surface area contributed by atoms with Crippen LogP contribution in [0.5, 0.6) is 0 Å². The Bertz CT molecular complexity index is 59.5. The summed E-state index contributed by atoms with van der Waals surface area (Å²) in [6, 6.07) is 0. The maximum atomic E-state index is 4.08. The van der Waals surface area contributed by atoms with Gasteiger partial charge in [0.1, 0.15) is 0 Å². The third kappa shape index (κ3) is 6.44. The predicted octanol–water partition coefficient (Wildman–Crippen LogP) is 2.53. The van der Waals surface area contributed by atoms with Gasteiger partial charge in [-0.3, -0.25) is 0 Å². The number of thiol groups is 2. The molecule has 0 aromatic heterocycles. The lowest BCUT2D eigenvalue weighted by Crippen LogP contribution is -1.72. The second-order valence-corrected chi connectivity index (χ2v) is 2.35. The Balaban J connectivity index is 2.72. The lowest BCUT2D eigenvalue weighted by molar-refractivity contribution is 0.825. The zero-order chi connectivity index (χ0) is 6.24. The number of rotatable bonds is 4. The van der Waals surface area contributed by atoms with Crippen LogP contribution in [0.3, 0.4) is 0 Å². The Kier molecular flexibility index (Phi) is 7.85. The lowest BCUT2D eigenvalue weighted by Gasteiger charge is -1.88. The lowest BCUT2D eigenvalue weighted by atomic mass is 10.2. The van der Waals surface area contributed by atoms with E-state index >= 15 is 0 Å². The summed E-state index contributed by atoms with van der Waals surface area (Å²) in [4.78, 5) is 0. The highest BCUT2D eigenvalue weighted by Gasteiger charge is 1.79. The zero-order valence-electron chi connectivity index (χ0n) is 4.88. The first-order chi connectivity index (χ1) is 3.91. The molecule has 0 aliphatic rings. The van der Waals surface area contributed by atoms with E-state index in [-0.39, 0.29) is 0 Å². The summed E-state index contributed by atoms with van der Waals surface area (Å²) < 4.78 is 0. The first-order valence-electron chi connectivity index (χ1n) is 2.82. The summed E-state index contributed by atoms with van der Waals surface area (Å²) in [5, 5.41) is 1.79. The van der Waals surface area contributed by atoms with Gasteiger partial charge in [-0.15, -0.1) is 0 Å². The van der Waals surface area contributed by atoms with Crippen molar-refractivity contribution in [3.63, 3.8) is 0 Å². The van der Waals surface area contributed by atoms with Crippen LogP contribution >= 0.6 is 25.3 Å². The quantitative estimate of drug-likeness (QED) is 0.444. The van der Waals surface area contributed by atoms with E-state index in [1.54, 1.807) is 5.41 Å². The Hall–Kier alpha value is 0.440. The zero-order valence-corrected chi connectivity index (χ0v) is 6.67. The van der Waals surface area contributed by atoms with Gasteiger partial charge in [0, 0.05) is 0 Å². The molecule has 0 N–H and O–H groups in total. The average Bonchev–Trinajstić information content (AvgIpc) is 1.81. The van der Waals surface area contributed by atoms with Crippen LogP contribution in [0.4, 0.5) is 0 Å².